The Bertz CT molecular complexity index is 981. The number of halogens is 2. The summed E-state index contributed by atoms with van der Waals surface area (Å²) in [5.41, 5.74) is -0.0506. The SMILES string of the molecule is COc1cc(/C=C/C(=O)OC(C)C(=O)Nc2c(F)cccc2F)ccc1OCC#N. The zero-order valence-corrected chi connectivity index (χ0v) is 16.1. The first-order valence-corrected chi connectivity index (χ1v) is 8.67. The van der Waals surface area contributed by atoms with Crippen molar-refractivity contribution in [2.45, 2.75) is 13.0 Å². The fourth-order valence-electron chi connectivity index (χ4n) is 2.29. The molecule has 0 radical (unpaired) electrons. The van der Waals surface area contributed by atoms with E-state index in [1.54, 1.807) is 18.2 Å². The van der Waals surface area contributed by atoms with Gasteiger partial charge < -0.3 is 19.5 Å². The number of nitriles is 1. The molecular formula is C21H18F2N2O5. The lowest BCUT2D eigenvalue weighted by molar-refractivity contribution is -0.148. The molecule has 1 N–H and O–H groups in total. The molecule has 30 heavy (non-hydrogen) atoms. The van der Waals surface area contributed by atoms with Crippen LogP contribution in [0.25, 0.3) is 6.08 Å². The van der Waals surface area contributed by atoms with Gasteiger partial charge in [0.1, 0.15) is 23.4 Å². The van der Waals surface area contributed by atoms with Crippen LogP contribution in [0.4, 0.5) is 14.5 Å². The molecule has 1 unspecified atom stereocenters. The first-order chi connectivity index (χ1) is 14.3. The largest absolute Gasteiger partial charge is 0.493 e. The number of methoxy groups -OCH3 is 1. The minimum absolute atomic E-state index is 0.144. The summed E-state index contributed by atoms with van der Waals surface area (Å²) in [6.45, 7) is 1.12. The Morgan fingerprint density at radius 2 is 1.90 bits per heavy atom. The van der Waals surface area contributed by atoms with Crippen molar-refractivity contribution in [2.75, 3.05) is 19.0 Å². The van der Waals surface area contributed by atoms with E-state index in [1.807, 2.05) is 6.07 Å². The molecule has 0 aromatic heterocycles. The highest BCUT2D eigenvalue weighted by molar-refractivity contribution is 5.96. The van der Waals surface area contributed by atoms with E-state index in [4.69, 9.17) is 19.5 Å². The summed E-state index contributed by atoms with van der Waals surface area (Å²) in [6, 6.07) is 9.75. The number of hydrogen-bond acceptors (Lipinski definition) is 6. The lowest BCUT2D eigenvalue weighted by Crippen LogP contribution is -2.30. The van der Waals surface area contributed by atoms with Gasteiger partial charge in [-0.3, -0.25) is 4.79 Å². The third kappa shape index (κ3) is 6.04. The maximum atomic E-state index is 13.6. The Balaban J connectivity index is 1.98. The second-order valence-electron chi connectivity index (χ2n) is 5.86. The smallest absolute Gasteiger partial charge is 0.331 e. The highest BCUT2D eigenvalue weighted by Gasteiger charge is 2.20. The van der Waals surface area contributed by atoms with Gasteiger partial charge in [0.05, 0.1) is 7.11 Å². The average Bonchev–Trinajstić information content (AvgIpc) is 2.73. The van der Waals surface area contributed by atoms with Crippen molar-refractivity contribution in [2.24, 2.45) is 0 Å². The van der Waals surface area contributed by atoms with Crippen molar-refractivity contribution in [3.8, 4) is 17.6 Å². The number of nitrogens with zero attached hydrogens (tertiary/aromatic N) is 1. The van der Waals surface area contributed by atoms with Gasteiger partial charge in [-0.1, -0.05) is 12.1 Å². The molecule has 0 fully saturated rings. The number of carbonyl (C=O) groups is 2. The van der Waals surface area contributed by atoms with Gasteiger partial charge in [0.2, 0.25) is 0 Å². The van der Waals surface area contributed by atoms with E-state index in [0.717, 1.165) is 24.3 Å². The molecule has 0 aliphatic rings. The molecule has 0 aliphatic heterocycles. The molecule has 1 atom stereocenters. The number of esters is 1. The molecule has 0 bridgehead atoms. The monoisotopic (exact) mass is 416 g/mol. The zero-order chi connectivity index (χ0) is 22.1. The Morgan fingerprint density at radius 1 is 1.20 bits per heavy atom. The fraction of sp³-hybridized carbons (Fsp3) is 0.190. The van der Waals surface area contributed by atoms with Crippen LogP contribution in [0.2, 0.25) is 0 Å². The van der Waals surface area contributed by atoms with Gasteiger partial charge in [0.25, 0.3) is 5.91 Å². The number of carbonyl (C=O) groups excluding carboxylic acids is 2. The minimum Gasteiger partial charge on any atom is -0.493 e. The molecule has 0 heterocycles. The van der Waals surface area contributed by atoms with Crippen LogP contribution in [-0.2, 0) is 14.3 Å². The number of para-hydroxylation sites is 1. The normalized spacial score (nSPS) is 11.4. The Hall–Kier alpha value is -3.93. The molecule has 2 aromatic rings. The number of benzene rings is 2. The van der Waals surface area contributed by atoms with Gasteiger partial charge in [0.15, 0.2) is 24.2 Å². The van der Waals surface area contributed by atoms with Crippen molar-refractivity contribution in [1.29, 1.82) is 5.26 Å². The van der Waals surface area contributed by atoms with Gasteiger partial charge in [-0.2, -0.15) is 5.26 Å². The Kier molecular flexibility index (Phi) is 7.88. The Morgan fingerprint density at radius 3 is 2.53 bits per heavy atom. The quantitative estimate of drug-likeness (QED) is 0.523. The number of amides is 1. The van der Waals surface area contributed by atoms with E-state index < -0.39 is 35.3 Å². The van der Waals surface area contributed by atoms with Crippen LogP contribution in [-0.4, -0.2) is 31.7 Å². The third-order valence-corrected chi connectivity index (χ3v) is 3.76. The average molecular weight is 416 g/mol. The molecule has 0 aliphatic carbocycles. The van der Waals surface area contributed by atoms with E-state index in [2.05, 4.69) is 5.32 Å². The molecule has 0 saturated heterocycles. The van der Waals surface area contributed by atoms with E-state index in [0.29, 0.717) is 17.1 Å². The minimum atomic E-state index is -1.29. The second kappa shape index (κ2) is 10.6. The van der Waals surface area contributed by atoms with Crippen molar-refractivity contribution in [3.05, 3.63) is 59.7 Å². The Labute approximate surface area is 171 Å². The van der Waals surface area contributed by atoms with Crippen LogP contribution in [0.1, 0.15) is 12.5 Å². The van der Waals surface area contributed by atoms with Crippen molar-refractivity contribution >= 4 is 23.6 Å². The van der Waals surface area contributed by atoms with Crippen LogP contribution in [0.3, 0.4) is 0 Å². The van der Waals surface area contributed by atoms with Crippen molar-refractivity contribution in [1.82, 2.24) is 0 Å². The highest BCUT2D eigenvalue weighted by Crippen LogP contribution is 2.28. The highest BCUT2D eigenvalue weighted by atomic mass is 19.1. The van der Waals surface area contributed by atoms with Gasteiger partial charge in [0, 0.05) is 6.08 Å². The van der Waals surface area contributed by atoms with Crippen LogP contribution in [0, 0.1) is 23.0 Å². The molecule has 0 saturated carbocycles. The second-order valence-corrected chi connectivity index (χ2v) is 5.86. The molecule has 2 aromatic carbocycles. The zero-order valence-electron chi connectivity index (χ0n) is 16.1. The molecular weight excluding hydrogens is 398 g/mol. The van der Waals surface area contributed by atoms with E-state index in [9.17, 15) is 18.4 Å². The molecule has 9 heteroatoms. The third-order valence-electron chi connectivity index (χ3n) is 3.76. The topological polar surface area (TPSA) is 97.7 Å². The van der Waals surface area contributed by atoms with Crippen LogP contribution in [0.5, 0.6) is 11.5 Å². The van der Waals surface area contributed by atoms with E-state index in [1.165, 1.54) is 20.1 Å². The van der Waals surface area contributed by atoms with Crippen LogP contribution in [0.15, 0.2) is 42.5 Å². The molecule has 2 rings (SSSR count). The summed E-state index contributed by atoms with van der Waals surface area (Å²) in [5.74, 6) is -2.89. The molecule has 7 nitrogen and oxygen atoms in total. The molecule has 156 valence electrons. The van der Waals surface area contributed by atoms with E-state index in [-0.39, 0.29) is 6.61 Å². The van der Waals surface area contributed by atoms with E-state index >= 15 is 0 Å². The summed E-state index contributed by atoms with van der Waals surface area (Å²) < 4.78 is 42.5. The van der Waals surface area contributed by atoms with Gasteiger partial charge in [-0.05, 0) is 42.8 Å². The lowest BCUT2D eigenvalue weighted by Gasteiger charge is -2.13. The van der Waals surface area contributed by atoms with Gasteiger partial charge in [-0.15, -0.1) is 0 Å². The van der Waals surface area contributed by atoms with Crippen LogP contribution < -0.4 is 14.8 Å². The standard InChI is InChI=1S/C21H18F2N2O5/c1-13(21(27)25-20-15(22)4-3-5-16(20)23)30-19(26)9-7-14-6-8-17(29-11-10-24)18(12-14)28-2/h3-9,12-13H,11H2,1-2H3,(H,25,27)/b9-7+. The first-order valence-electron chi connectivity index (χ1n) is 8.67. The maximum absolute atomic E-state index is 13.6. The fourth-order valence-corrected chi connectivity index (χ4v) is 2.29. The lowest BCUT2D eigenvalue weighted by atomic mass is 10.2. The number of rotatable bonds is 8. The van der Waals surface area contributed by atoms with Gasteiger partial charge in [-0.25, -0.2) is 13.6 Å². The number of anilines is 1. The maximum Gasteiger partial charge on any atom is 0.331 e. The first kappa shape index (κ1) is 22.4. The predicted molar refractivity (Wildman–Crippen MR) is 104 cm³/mol. The predicted octanol–water partition coefficient (Wildman–Crippen LogP) is 3.46. The summed E-state index contributed by atoms with van der Waals surface area (Å²) >= 11 is 0. The summed E-state index contributed by atoms with van der Waals surface area (Å²) in [7, 11) is 1.43. The molecule has 0 spiro atoms. The van der Waals surface area contributed by atoms with Crippen molar-refractivity contribution < 1.29 is 32.6 Å². The number of hydrogen-bond donors (Lipinski definition) is 1. The van der Waals surface area contributed by atoms with Crippen molar-refractivity contribution in [3.63, 3.8) is 0 Å². The van der Waals surface area contributed by atoms with Crippen LogP contribution >= 0.6 is 0 Å². The number of ether oxygens (including phenoxy) is 3. The van der Waals surface area contributed by atoms with Gasteiger partial charge >= 0.3 is 5.97 Å². The number of nitrogens with one attached hydrogen (secondary N) is 1. The summed E-state index contributed by atoms with van der Waals surface area (Å²) in [6.07, 6.45) is 1.20. The summed E-state index contributed by atoms with van der Waals surface area (Å²) in [4.78, 5) is 24.0. The molecule has 1 amide bonds. The summed E-state index contributed by atoms with van der Waals surface area (Å²) in [5, 5.41) is 10.6.